The van der Waals surface area contributed by atoms with Gasteiger partial charge in [0.05, 0.1) is 10.6 Å². The summed E-state index contributed by atoms with van der Waals surface area (Å²) in [6, 6.07) is 11.5. The minimum absolute atomic E-state index is 0.0827. The number of rotatable bonds is 4. The van der Waals surface area contributed by atoms with Crippen LogP contribution < -0.4 is 5.32 Å². The Kier molecular flexibility index (Phi) is 4.77. The molecule has 0 aliphatic carbocycles. The second-order valence-corrected chi connectivity index (χ2v) is 6.14. The summed E-state index contributed by atoms with van der Waals surface area (Å²) in [6.07, 6.45) is 0. The minimum atomic E-state index is -1.07. The molecule has 7 heteroatoms. The van der Waals surface area contributed by atoms with E-state index in [1.165, 1.54) is 12.1 Å². The van der Waals surface area contributed by atoms with Crippen LogP contribution in [-0.4, -0.2) is 22.1 Å². The van der Waals surface area contributed by atoms with Gasteiger partial charge in [-0.2, -0.15) is 0 Å². The summed E-state index contributed by atoms with van der Waals surface area (Å²) in [5, 5.41) is 16.3. The number of halogens is 1. The van der Waals surface area contributed by atoms with Gasteiger partial charge < -0.3 is 14.9 Å². The Morgan fingerprint density at radius 3 is 2.58 bits per heavy atom. The van der Waals surface area contributed by atoms with Crippen molar-refractivity contribution in [2.45, 2.75) is 13.8 Å². The third-order valence-corrected chi connectivity index (χ3v) is 4.28. The Bertz CT molecular complexity index is 1010. The van der Waals surface area contributed by atoms with Crippen molar-refractivity contribution in [3.63, 3.8) is 0 Å². The largest absolute Gasteiger partial charge is 0.478 e. The molecule has 2 aromatic carbocycles. The fraction of sp³-hybridized carbons (Fsp3) is 0.105. The van der Waals surface area contributed by atoms with Crippen molar-refractivity contribution in [3.8, 4) is 11.3 Å². The summed E-state index contributed by atoms with van der Waals surface area (Å²) in [7, 11) is 0. The number of hydrogen-bond acceptors (Lipinski definition) is 4. The molecule has 0 atom stereocenters. The molecule has 0 bridgehead atoms. The van der Waals surface area contributed by atoms with Gasteiger partial charge >= 0.3 is 5.97 Å². The number of carboxylic acid groups (broad SMARTS) is 1. The van der Waals surface area contributed by atoms with Gasteiger partial charge in [-0.1, -0.05) is 41.0 Å². The van der Waals surface area contributed by atoms with Gasteiger partial charge in [-0.15, -0.1) is 0 Å². The van der Waals surface area contributed by atoms with Crippen molar-refractivity contribution in [1.82, 2.24) is 5.16 Å². The zero-order valence-electron chi connectivity index (χ0n) is 14.0. The summed E-state index contributed by atoms with van der Waals surface area (Å²) < 4.78 is 5.19. The normalized spacial score (nSPS) is 10.6. The molecular weight excluding hydrogens is 356 g/mol. The number of carbonyl (C=O) groups is 2. The monoisotopic (exact) mass is 370 g/mol. The average molecular weight is 371 g/mol. The number of aromatic carboxylic acids is 1. The second-order valence-electron chi connectivity index (χ2n) is 5.73. The van der Waals surface area contributed by atoms with E-state index in [9.17, 15) is 9.59 Å². The SMILES string of the molecule is Cc1ccc(C(=O)O)cc1NC(=O)c1c(-c2ccccc2Cl)noc1C. The summed E-state index contributed by atoms with van der Waals surface area (Å²) in [5.41, 5.74) is 2.37. The van der Waals surface area contributed by atoms with Crippen molar-refractivity contribution < 1.29 is 19.2 Å². The zero-order chi connectivity index (χ0) is 18.8. The Hall–Kier alpha value is -3.12. The summed E-state index contributed by atoms with van der Waals surface area (Å²) in [4.78, 5) is 24.0. The maximum Gasteiger partial charge on any atom is 0.335 e. The van der Waals surface area contributed by atoms with Crippen molar-refractivity contribution >= 4 is 29.2 Å². The number of carbonyl (C=O) groups excluding carboxylic acids is 1. The van der Waals surface area contributed by atoms with Crippen LogP contribution in [0.15, 0.2) is 47.0 Å². The number of carboxylic acids is 1. The highest BCUT2D eigenvalue weighted by Crippen LogP contribution is 2.31. The van der Waals surface area contributed by atoms with Gasteiger partial charge in [-0.05, 0) is 37.6 Å². The number of hydrogen-bond donors (Lipinski definition) is 2. The number of benzene rings is 2. The van der Waals surface area contributed by atoms with E-state index < -0.39 is 11.9 Å². The van der Waals surface area contributed by atoms with E-state index in [4.69, 9.17) is 21.2 Å². The summed E-state index contributed by atoms with van der Waals surface area (Å²) >= 11 is 6.21. The van der Waals surface area contributed by atoms with E-state index in [1.807, 2.05) is 0 Å². The maximum absolute atomic E-state index is 12.8. The lowest BCUT2D eigenvalue weighted by Crippen LogP contribution is -2.15. The molecule has 132 valence electrons. The smallest absolute Gasteiger partial charge is 0.335 e. The van der Waals surface area contributed by atoms with Crippen LogP contribution in [-0.2, 0) is 0 Å². The van der Waals surface area contributed by atoms with Crippen LogP contribution in [0.2, 0.25) is 5.02 Å². The van der Waals surface area contributed by atoms with Crippen molar-refractivity contribution in [1.29, 1.82) is 0 Å². The van der Waals surface area contributed by atoms with E-state index in [0.717, 1.165) is 5.56 Å². The van der Waals surface area contributed by atoms with E-state index in [2.05, 4.69) is 10.5 Å². The zero-order valence-corrected chi connectivity index (χ0v) is 14.8. The molecule has 0 aliphatic heterocycles. The van der Waals surface area contributed by atoms with Crippen LogP contribution in [0.1, 0.15) is 32.0 Å². The molecule has 3 rings (SSSR count). The first kappa shape index (κ1) is 17.7. The molecule has 0 unspecified atom stereocenters. The van der Waals surface area contributed by atoms with Gasteiger partial charge in [0.15, 0.2) is 0 Å². The Balaban J connectivity index is 2.00. The van der Waals surface area contributed by atoms with Crippen molar-refractivity contribution in [2.75, 3.05) is 5.32 Å². The van der Waals surface area contributed by atoms with Gasteiger partial charge in [0.2, 0.25) is 0 Å². The standard InChI is InChI=1S/C19H15ClN2O4/c1-10-7-8-12(19(24)25)9-15(10)21-18(23)16-11(2)26-22-17(16)13-5-3-4-6-14(13)20/h3-9H,1-2H3,(H,21,23)(H,24,25). The molecule has 0 spiro atoms. The lowest BCUT2D eigenvalue weighted by molar-refractivity contribution is 0.0696. The summed E-state index contributed by atoms with van der Waals surface area (Å²) in [5.74, 6) is -1.19. The first-order chi connectivity index (χ1) is 12.4. The number of nitrogens with zero attached hydrogens (tertiary/aromatic N) is 1. The quantitative estimate of drug-likeness (QED) is 0.702. The van der Waals surface area contributed by atoms with E-state index >= 15 is 0 Å². The van der Waals surface area contributed by atoms with Crippen LogP contribution in [0, 0.1) is 13.8 Å². The molecule has 1 heterocycles. The topological polar surface area (TPSA) is 92.4 Å². The van der Waals surface area contributed by atoms with Crippen LogP contribution >= 0.6 is 11.6 Å². The number of aryl methyl sites for hydroxylation is 2. The molecule has 1 aromatic heterocycles. The molecular formula is C19H15ClN2O4. The third kappa shape index (κ3) is 3.32. The van der Waals surface area contributed by atoms with Crippen LogP contribution in [0.4, 0.5) is 5.69 Å². The molecule has 1 amide bonds. The van der Waals surface area contributed by atoms with E-state index in [1.54, 1.807) is 44.2 Å². The highest BCUT2D eigenvalue weighted by Gasteiger charge is 2.23. The molecule has 0 saturated heterocycles. The molecule has 0 fully saturated rings. The minimum Gasteiger partial charge on any atom is -0.478 e. The van der Waals surface area contributed by atoms with E-state index in [0.29, 0.717) is 27.7 Å². The number of nitrogens with one attached hydrogen (secondary N) is 1. The van der Waals surface area contributed by atoms with E-state index in [-0.39, 0.29) is 11.1 Å². The van der Waals surface area contributed by atoms with Crippen LogP contribution in [0.5, 0.6) is 0 Å². The molecule has 0 radical (unpaired) electrons. The molecule has 6 nitrogen and oxygen atoms in total. The fourth-order valence-electron chi connectivity index (χ4n) is 2.55. The average Bonchev–Trinajstić information content (AvgIpc) is 2.98. The fourth-order valence-corrected chi connectivity index (χ4v) is 2.78. The number of aromatic nitrogens is 1. The number of anilines is 1. The number of amides is 1. The second kappa shape index (κ2) is 7.01. The Morgan fingerprint density at radius 1 is 1.15 bits per heavy atom. The molecule has 3 aromatic rings. The Labute approximate surface area is 154 Å². The van der Waals surface area contributed by atoms with Gasteiger partial charge in [0.1, 0.15) is 17.0 Å². The molecule has 2 N–H and O–H groups in total. The summed E-state index contributed by atoms with van der Waals surface area (Å²) in [6.45, 7) is 3.40. The third-order valence-electron chi connectivity index (χ3n) is 3.95. The first-order valence-electron chi connectivity index (χ1n) is 7.75. The molecule has 0 aliphatic rings. The van der Waals surface area contributed by atoms with Crippen molar-refractivity contribution in [3.05, 3.63) is 69.9 Å². The molecule has 0 saturated carbocycles. The Morgan fingerprint density at radius 2 is 1.88 bits per heavy atom. The predicted molar refractivity (Wildman–Crippen MR) is 97.8 cm³/mol. The van der Waals surface area contributed by atoms with Crippen LogP contribution in [0.25, 0.3) is 11.3 Å². The lowest BCUT2D eigenvalue weighted by atomic mass is 10.0. The van der Waals surface area contributed by atoms with Gasteiger partial charge in [-0.25, -0.2) is 4.79 Å². The lowest BCUT2D eigenvalue weighted by Gasteiger charge is -2.10. The highest BCUT2D eigenvalue weighted by atomic mass is 35.5. The highest BCUT2D eigenvalue weighted by molar-refractivity contribution is 6.33. The van der Waals surface area contributed by atoms with Crippen LogP contribution in [0.3, 0.4) is 0 Å². The molecule has 26 heavy (non-hydrogen) atoms. The predicted octanol–water partition coefficient (Wildman–Crippen LogP) is 4.56. The first-order valence-corrected chi connectivity index (χ1v) is 8.12. The van der Waals surface area contributed by atoms with Gasteiger partial charge in [0.25, 0.3) is 5.91 Å². The van der Waals surface area contributed by atoms with Crippen molar-refractivity contribution in [2.24, 2.45) is 0 Å². The van der Waals surface area contributed by atoms with Gasteiger partial charge in [-0.3, -0.25) is 4.79 Å². The maximum atomic E-state index is 12.8. The van der Waals surface area contributed by atoms with Gasteiger partial charge in [0, 0.05) is 11.3 Å².